The molecule has 0 aliphatic carbocycles. The monoisotopic (exact) mass is 311 g/mol. The van der Waals surface area contributed by atoms with Gasteiger partial charge in [0.2, 0.25) is 5.88 Å². The van der Waals surface area contributed by atoms with Gasteiger partial charge < -0.3 is 10.5 Å². The van der Waals surface area contributed by atoms with Crippen molar-refractivity contribution >= 4 is 15.9 Å². The van der Waals surface area contributed by atoms with Gasteiger partial charge in [-0.2, -0.15) is 0 Å². The molecule has 0 aliphatic rings. The Morgan fingerprint density at radius 1 is 1.33 bits per heavy atom. The first-order valence-corrected chi connectivity index (χ1v) is 5.98. The van der Waals surface area contributed by atoms with Crippen LogP contribution >= 0.6 is 15.9 Å². The summed E-state index contributed by atoms with van der Waals surface area (Å²) in [6.45, 7) is 0. The van der Waals surface area contributed by atoms with E-state index >= 15 is 0 Å². The molecule has 6 heteroatoms. The molecular formula is C12H11BrFN3O. The summed E-state index contributed by atoms with van der Waals surface area (Å²) in [5.41, 5.74) is 6.76. The second kappa shape index (κ2) is 5.41. The zero-order valence-corrected chi connectivity index (χ0v) is 11.2. The Morgan fingerprint density at radius 2 is 2.06 bits per heavy atom. The molecule has 2 rings (SSSR count). The molecule has 0 bridgehead atoms. The quantitative estimate of drug-likeness (QED) is 0.945. The first kappa shape index (κ1) is 12.9. The Labute approximate surface area is 112 Å². The van der Waals surface area contributed by atoms with Crippen LogP contribution in [0.4, 0.5) is 4.39 Å². The molecule has 1 heterocycles. The second-order valence-corrected chi connectivity index (χ2v) is 4.43. The highest BCUT2D eigenvalue weighted by Gasteiger charge is 2.20. The maximum absolute atomic E-state index is 14.0. The number of halogens is 2. The third kappa shape index (κ3) is 2.34. The fourth-order valence-electron chi connectivity index (χ4n) is 1.61. The molecule has 0 fully saturated rings. The number of aromatic nitrogens is 2. The minimum atomic E-state index is -0.730. The summed E-state index contributed by atoms with van der Waals surface area (Å²) >= 11 is 3.12. The summed E-state index contributed by atoms with van der Waals surface area (Å²) in [7, 11) is 1.47. The number of hydrogen-bond acceptors (Lipinski definition) is 4. The van der Waals surface area contributed by atoms with Crippen LogP contribution in [0.2, 0.25) is 0 Å². The maximum atomic E-state index is 14.0. The number of nitrogens with two attached hydrogens (primary N) is 1. The third-order valence-corrected chi connectivity index (χ3v) is 3.11. The molecule has 2 N–H and O–H groups in total. The van der Waals surface area contributed by atoms with Crippen molar-refractivity contribution in [2.24, 2.45) is 5.73 Å². The zero-order valence-electron chi connectivity index (χ0n) is 9.60. The average molecular weight is 312 g/mol. The van der Waals surface area contributed by atoms with E-state index < -0.39 is 11.9 Å². The van der Waals surface area contributed by atoms with Crippen LogP contribution < -0.4 is 10.5 Å². The highest BCUT2D eigenvalue weighted by atomic mass is 79.9. The lowest BCUT2D eigenvalue weighted by Gasteiger charge is -2.14. The van der Waals surface area contributed by atoms with E-state index in [1.165, 1.54) is 19.5 Å². The lowest BCUT2D eigenvalue weighted by molar-refractivity contribution is 0.386. The fraction of sp³-hybridized carbons (Fsp3) is 0.167. The van der Waals surface area contributed by atoms with E-state index in [4.69, 9.17) is 10.5 Å². The Bertz CT molecular complexity index is 565. The Balaban J connectivity index is 2.48. The van der Waals surface area contributed by atoms with E-state index in [-0.39, 0.29) is 0 Å². The summed E-state index contributed by atoms with van der Waals surface area (Å²) < 4.78 is 19.4. The molecular weight excluding hydrogens is 301 g/mol. The van der Waals surface area contributed by atoms with E-state index in [9.17, 15) is 4.39 Å². The summed E-state index contributed by atoms with van der Waals surface area (Å²) in [5, 5.41) is 0. The normalized spacial score (nSPS) is 12.2. The van der Waals surface area contributed by atoms with Crippen LogP contribution in [-0.4, -0.2) is 17.1 Å². The van der Waals surface area contributed by atoms with Gasteiger partial charge in [0, 0.05) is 18.0 Å². The lowest BCUT2D eigenvalue weighted by Crippen LogP contribution is -2.17. The molecule has 0 amide bonds. The van der Waals surface area contributed by atoms with Crippen molar-refractivity contribution < 1.29 is 9.13 Å². The van der Waals surface area contributed by atoms with E-state index in [2.05, 4.69) is 25.9 Å². The summed E-state index contributed by atoms with van der Waals surface area (Å²) in [6, 6.07) is 4.20. The molecule has 1 atom stereocenters. The van der Waals surface area contributed by atoms with Gasteiger partial charge in [-0.05, 0) is 22.0 Å². The standard InChI is InChI=1S/C12H11BrFN3O/c1-18-12-11(16-5-6-17-12)10(15)7-3-2-4-8(13)9(7)14/h2-6,10H,15H2,1H3. The molecule has 0 aliphatic heterocycles. The smallest absolute Gasteiger partial charge is 0.237 e. The van der Waals surface area contributed by atoms with Gasteiger partial charge in [-0.25, -0.2) is 9.37 Å². The van der Waals surface area contributed by atoms with E-state index in [0.29, 0.717) is 21.6 Å². The van der Waals surface area contributed by atoms with Crippen LogP contribution in [0, 0.1) is 5.82 Å². The van der Waals surface area contributed by atoms with Gasteiger partial charge in [0.1, 0.15) is 11.5 Å². The minimum Gasteiger partial charge on any atom is -0.480 e. The second-order valence-electron chi connectivity index (χ2n) is 3.57. The predicted octanol–water partition coefficient (Wildman–Crippen LogP) is 2.43. The first-order chi connectivity index (χ1) is 8.65. The fourth-order valence-corrected chi connectivity index (χ4v) is 2.00. The number of ether oxygens (including phenoxy) is 1. The predicted molar refractivity (Wildman–Crippen MR) is 68.7 cm³/mol. The van der Waals surface area contributed by atoms with Crippen LogP contribution in [0.3, 0.4) is 0 Å². The molecule has 4 nitrogen and oxygen atoms in total. The Hall–Kier alpha value is -1.53. The molecule has 0 saturated heterocycles. The van der Waals surface area contributed by atoms with Gasteiger partial charge in [-0.1, -0.05) is 12.1 Å². The number of hydrogen-bond donors (Lipinski definition) is 1. The van der Waals surface area contributed by atoms with Gasteiger partial charge >= 0.3 is 0 Å². The summed E-state index contributed by atoms with van der Waals surface area (Å²) in [5.74, 6) is -0.109. The van der Waals surface area contributed by atoms with Crippen LogP contribution in [0.1, 0.15) is 17.3 Å². The van der Waals surface area contributed by atoms with Crippen LogP contribution in [0.25, 0.3) is 0 Å². The van der Waals surface area contributed by atoms with E-state index in [1.54, 1.807) is 18.2 Å². The first-order valence-electron chi connectivity index (χ1n) is 5.19. The van der Waals surface area contributed by atoms with Crippen molar-refractivity contribution in [3.8, 4) is 5.88 Å². The number of benzene rings is 1. The highest BCUT2D eigenvalue weighted by Crippen LogP contribution is 2.28. The maximum Gasteiger partial charge on any atom is 0.237 e. The Kier molecular flexibility index (Phi) is 3.88. The van der Waals surface area contributed by atoms with Crippen molar-refractivity contribution in [1.82, 2.24) is 9.97 Å². The van der Waals surface area contributed by atoms with Crippen LogP contribution in [0.5, 0.6) is 5.88 Å². The van der Waals surface area contributed by atoms with Crippen LogP contribution in [0.15, 0.2) is 35.1 Å². The number of methoxy groups -OCH3 is 1. The molecule has 2 aromatic rings. The minimum absolute atomic E-state index is 0.296. The average Bonchev–Trinajstić information content (AvgIpc) is 2.41. The van der Waals surface area contributed by atoms with Gasteiger partial charge in [0.25, 0.3) is 0 Å². The lowest BCUT2D eigenvalue weighted by atomic mass is 10.0. The van der Waals surface area contributed by atoms with E-state index in [1.807, 2.05) is 0 Å². The molecule has 18 heavy (non-hydrogen) atoms. The largest absolute Gasteiger partial charge is 0.480 e. The molecule has 0 spiro atoms. The molecule has 1 aromatic carbocycles. The van der Waals surface area contributed by atoms with Gasteiger partial charge in [0.05, 0.1) is 17.6 Å². The molecule has 0 radical (unpaired) electrons. The molecule has 0 saturated carbocycles. The molecule has 1 unspecified atom stereocenters. The van der Waals surface area contributed by atoms with E-state index in [0.717, 1.165) is 0 Å². The van der Waals surface area contributed by atoms with Gasteiger partial charge in [0.15, 0.2) is 0 Å². The van der Waals surface area contributed by atoms with Crippen molar-refractivity contribution in [2.45, 2.75) is 6.04 Å². The third-order valence-electron chi connectivity index (χ3n) is 2.50. The summed E-state index contributed by atoms with van der Waals surface area (Å²) in [6.07, 6.45) is 2.99. The highest BCUT2D eigenvalue weighted by molar-refractivity contribution is 9.10. The van der Waals surface area contributed by atoms with Crippen LogP contribution in [-0.2, 0) is 0 Å². The summed E-state index contributed by atoms with van der Waals surface area (Å²) in [4.78, 5) is 8.10. The van der Waals surface area contributed by atoms with Crippen molar-refractivity contribution in [1.29, 1.82) is 0 Å². The molecule has 1 aromatic heterocycles. The van der Waals surface area contributed by atoms with Crippen molar-refractivity contribution in [3.05, 3.63) is 52.1 Å². The SMILES string of the molecule is COc1nccnc1C(N)c1cccc(Br)c1F. The van der Waals surface area contributed by atoms with Gasteiger partial charge in [-0.15, -0.1) is 0 Å². The van der Waals surface area contributed by atoms with Crippen molar-refractivity contribution in [3.63, 3.8) is 0 Å². The topological polar surface area (TPSA) is 61.0 Å². The zero-order chi connectivity index (χ0) is 13.1. The van der Waals surface area contributed by atoms with Crippen molar-refractivity contribution in [2.75, 3.05) is 7.11 Å². The number of rotatable bonds is 3. The Morgan fingerprint density at radius 3 is 2.78 bits per heavy atom. The van der Waals surface area contributed by atoms with Gasteiger partial charge in [-0.3, -0.25) is 4.98 Å². The number of nitrogens with zero attached hydrogens (tertiary/aromatic N) is 2. The molecule has 94 valence electrons.